The van der Waals surface area contributed by atoms with Gasteiger partial charge in [-0.1, -0.05) is 25.3 Å². The summed E-state index contributed by atoms with van der Waals surface area (Å²) in [6.07, 6.45) is 5.15. The third-order valence-electron chi connectivity index (χ3n) is 5.25. The molecule has 1 heterocycles. The molecule has 1 aromatic carbocycles. The van der Waals surface area contributed by atoms with Crippen LogP contribution in [0.2, 0.25) is 0 Å². The molecule has 1 aromatic rings. The zero-order valence-corrected chi connectivity index (χ0v) is 16.8. The fraction of sp³-hybridized carbons (Fsp3) is 0.611. The molecule has 1 saturated heterocycles. The molecule has 2 aliphatic rings. The summed E-state index contributed by atoms with van der Waals surface area (Å²) < 4.78 is 27.4. The van der Waals surface area contributed by atoms with Gasteiger partial charge in [0.2, 0.25) is 10.0 Å². The summed E-state index contributed by atoms with van der Waals surface area (Å²) in [6.45, 7) is 2.85. The Morgan fingerprint density at radius 2 is 1.81 bits per heavy atom. The molecule has 0 radical (unpaired) electrons. The Hall–Kier alpha value is -1.15. The van der Waals surface area contributed by atoms with Crippen LogP contribution in [0.5, 0.6) is 0 Å². The molecule has 0 atom stereocenters. The Morgan fingerprint density at radius 3 is 2.46 bits per heavy atom. The van der Waals surface area contributed by atoms with Crippen molar-refractivity contribution >= 4 is 28.3 Å². The van der Waals surface area contributed by atoms with Crippen molar-refractivity contribution < 1.29 is 13.2 Å². The Balaban J connectivity index is 0.00000243. The van der Waals surface area contributed by atoms with Crippen LogP contribution >= 0.6 is 12.4 Å². The first kappa shape index (κ1) is 21.2. The lowest BCUT2D eigenvalue weighted by Gasteiger charge is -2.30. The van der Waals surface area contributed by atoms with Gasteiger partial charge in [-0.05, 0) is 31.0 Å². The minimum atomic E-state index is -3.58. The number of carbonyl (C=O) groups excluding carboxylic acids is 1. The van der Waals surface area contributed by atoms with Gasteiger partial charge in [0.05, 0.1) is 4.90 Å². The predicted molar refractivity (Wildman–Crippen MR) is 104 cm³/mol. The van der Waals surface area contributed by atoms with E-state index in [2.05, 4.69) is 5.32 Å². The molecule has 1 aliphatic carbocycles. The number of sulfonamides is 1. The van der Waals surface area contributed by atoms with Crippen LogP contribution in [0, 0.1) is 0 Å². The van der Waals surface area contributed by atoms with Gasteiger partial charge in [-0.25, -0.2) is 8.42 Å². The average molecular weight is 402 g/mol. The molecule has 3 rings (SSSR count). The maximum atomic E-state index is 13.0. The second-order valence-corrected chi connectivity index (χ2v) is 8.88. The zero-order chi connectivity index (χ0) is 17.9. The molecular weight excluding hydrogens is 374 g/mol. The number of carbonyl (C=O) groups is 1. The normalized spacial score (nSPS) is 19.2. The topological polar surface area (TPSA) is 69.7 Å². The number of halogens is 1. The van der Waals surface area contributed by atoms with Gasteiger partial charge in [-0.2, -0.15) is 4.31 Å². The Kier molecular flexibility index (Phi) is 7.46. The summed E-state index contributed by atoms with van der Waals surface area (Å²) in [5.74, 6) is -0.0983. The molecule has 2 fully saturated rings. The monoisotopic (exact) mass is 401 g/mol. The number of hydrogen-bond donors (Lipinski definition) is 1. The highest BCUT2D eigenvalue weighted by Crippen LogP contribution is 2.27. The third-order valence-corrected chi connectivity index (χ3v) is 7.16. The third kappa shape index (κ3) is 4.57. The van der Waals surface area contributed by atoms with Crippen molar-refractivity contribution in [3.8, 4) is 0 Å². The first-order valence-electron chi connectivity index (χ1n) is 9.08. The summed E-state index contributed by atoms with van der Waals surface area (Å²) in [6, 6.07) is 6.54. The average Bonchev–Trinajstić information content (AvgIpc) is 2.68. The number of hydrogen-bond acceptors (Lipinski definition) is 4. The van der Waals surface area contributed by atoms with Crippen LogP contribution in [0.3, 0.4) is 0 Å². The van der Waals surface area contributed by atoms with Gasteiger partial charge in [0.25, 0.3) is 5.91 Å². The SMILES string of the molecule is CN(C1CCCCC1)S(=O)(=O)c1cccc(C(=O)N2CCNCC2)c1.Cl. The van der Waals surface area contributed by atoms with E-state index in [9.17, 15) is 13.2 Å². The van der Waals surface area contributed by atoms with E-state index in [-0.39, 0.29) is 29.3 Å². The highest BCUT2D eigenvalue weighted by Gasteiger charge is 2.29. The van der Waals surface area contributed by atoms with Crippen molar-refractivity contribution in [3.05, 3.63) is 29.8 Å². The van der Waals surface area contributed by atoms with Gasteiger partial charge in [-0.3, -0.25) is 4.79 Å². The second-order valence-electron chi connectivity index (χ2n) is 6.88. The Bertz CT molecular complexity index is 714. The van der Waals surface area contributed by atoms with Crippen LogP contribution in [0.4, 0.5) is 0 Å². The van der Waals surface area contributed by atoms with Gasteiger partial charge in [0, 0.05) is 44.8 Å². The molecule has 146 valence electrons. The molecule has 0 unspecified atom stereocenters. The first-order chi connectivity index (χ1) is 12.0. The van der Waals surface area contributed by atoms with Gasteiger partial charge in [0.15, 0.2) is 0 Å². The van der Waals surface area contributed by atoms with Crippen molar-refractivity contribution in [2.75, 3.05) is 33.2 Å². The lowest BCUT2D eigenvalue weighted by molar-refractivity contribution is 0.0735. The van der Waals surface area contributed by atoms with Gasteiger partial charge >= 0.3 is 0 Å². The minimum absolute atomic E-state index is 0. The van der Waals surface area contributed by atoms with Crippen LogP contribution in [0.15, 0.2) is 29.2 Å². The summed E-state index contributed by atoms with van der Waals surface area (Å²) in [5.41, 5.74) is 0.444. The van der Waals surface area contributed by atoms with E-state index < -0.39 is 10.0 Å². The van der Waals surface area contributed by atoms with Gasteiger partial charge in [-0.15, -0.1) is 12.4 Å². The predicted octanol–water partition coefficient (Wildman–Crippen LogP) is 2.11. The Labute approximate surface area is 162 Å². The molecule has 8 heteroatoms. The molecule has 1 aliphatic heterocycles. The molecular formula is C18H28ClN3O3S. The van der Waals surface area contributed by atoms with Crippen LogP contribution in [0.1, 0.15) is 42.5 Å². The number of nitrogens with one attached hydrogen (secondary N) is 1. The Morgan fingerprint density at radius 1 is 1.15 bits per heavy atom. The maximum absolute atomic E-state index is 13.0. The minimum Gasteiger partial charge on any atom is -0.336 e. The van der Waals surface area contributed by atoms with Crippen molar-refractivity contribution in [3.63, 3.8) is 0 Å². The zero-order valence-electron chi connectivity index (χ0n) is 15.2. The van der Waals surface area contributed by atoms with Crippen LogP contribution in [-0.4, -0.2) is 62.8 Å². The molecule has 0 spiro atoms. The van der Waals surface area contributed by atoms with E-state index >= 15 is 0 Å². The fourth-order valence-electron chi connectivity index (χ4n) is 3.65. The molecule has 1 amide bonds. The summed E-state index contributed by atoms with van der Waals surface area (Å²) >= 11 is 0. The smallest absolute Gasteiger partial charge is 0.253 e. The summed E-state index contributed by atoms with van der Waals surface area (Å²) in [5, 5.41) is 3.21. The number of nitrogens with zero attached hydrogens (tertiary/aromatic N) is 2. The lowest BCUT2D eigenvalue weighted by Crippen LogP contribution is -2.46. The molecule has 0 bridgehead atoms. The van der Waals surface area contributed by atoms with E-state index in [0.717, 1.165) is 38.8 Å². The number of rotatable bonds is 4. The van der Waals surface area contributed by atoms with Crippen molar-refractivity contribution in [2.24, 2.45) is 0 Å². The quantitative estimate of drug-likeness (QED) is 0.838. The number of benzene rings is 1. The first-order valence-corrected chi connectivity index (χ1v) is 10.5. The van der Waals surface area contributed by atoms with E-state index in [0.29, 0.717) is 18.7 Å². The highest BCUT2D eigenvalue weighted by molar-refractivity contribution is 7.89. The lowest BCUT2D eigenvalue weighted by atomic mass is 9.96. The maximum Gasteiger partial charge on any atom is 0.253 e. The molecule has 26 heavy (non-hydrogen) atoms. The molecule has 6 nitrogen and oxygen atoms in total. The fourth-order valence-corrected chi connectivity index (χ4v) is 5.11. The van der Waals surface area contributed by atoms with E-state index in [1.807, 2.05) is 0 Å². The standard InChI is InChI=1S/C18H27N3O3S.ClH/c1-20(16-7-3-2-4-8-16)25(23,24)17-9-5-6-15(14-17)18(22)21-12-10-19-11-13-21;/h5-6,9,14,16,19H,2-4,7-8,10-13H2,1H3;1H. The largest absolute Gasteiger partial charge is 0.336 e. The van der Waals surface area contributed by atoms with Crippen LogP contribution in [0.25, 0.3) is 0 Å². The van der Waals surface area contributed by atoms with Gasteiger partial charge < -0.3 is 10.2 Å². The second kappa shape index (κ2) is 9.17. The van der Waals surface area contributed by atoms with Crippen molar-refractivity contribution in [1.29, 1.82) is 0 Å². The molecule has 1 N–H and O–H groups in total. The van der Waals surface area contributed by atoms with Gasteiger partial charge in [0.1, 0.15) is 0 Å². The van der Waals surface area contributed by atoms with Crippen LogP contribution in [-0.2, 0) is 10.0 Å². The van der Waals surface area contributed by atoms with E-state index in [1.165, 1.54) is 16.8 Å². The van der Waals surface area contributed by atoms with E-state index in [4.69, 9.17) is 0 Å². The number of amides is 1. The summed E-state index contributed by atoms with van der Waals surface area (Å²) in [4.78, 5) is 14.6. The van der Waals surface area contributed by atoms with Crippen molar-refractivity contribution in [1.82, 2.24) is 14.5 Å². The molecule has 1 saturated carbocycles. The van der Waals surface area contributed by atoms with Crippen LogP contribution < -0.4 is 5.32 Å². The number of piperazine rings is 1. The molecule has 0 aromatic heterocycles. The highest BCUT2D eigenvalue weighted by atomic mass is 35.5. The van der Waals surface area contributed by atoms with Crippen molar-refractivity contribution in [2.45, 2.75) is 43.0 Å². The summed E-state index contributed by atoms with van der Waals surface area (Å²) in [7, 11) is -1.91. The van der Waals surface area contributed by atoms with E-state index in [1.54, 1.807) is 30.1 Å².